The van der Waals surface area contributed by atoms with Crippen LogP contribution in [-0.2, 0) is 23.1 Å². The van der Waals surface area contributed by atoms with Gasteiger partial charge < -0.3 is 16.0 Å². The summed E-state index contributed by atoms with van der Waals surface area (Å²) in [7, 11) is 3.23. The summed E-state index contributed by atoms with van der Waals surface area (Å²) < 4.78 is 29.8. The van der Waals surface area contributed by atoms with Gasteiger partial charge in [-0.15, -0.1) is 0 Å². The molecular weight excluding hydrogens is 496 g/mol. The third kappa shape index (κ3) is 5.06. The number of β-lactam (4-membered cyclic amide) rings is 1. The van der Waals surface area contributed by atoms with Crippen LogP contribution in [0.4, 0.5) is 25.1 Å². The van der Waals surface area contributed by atoms with Gasteiger partial charge in [-0.25, -0.2) is 18.6 Å². The SMILES string of the molecule is CCC(NC(=O)N1C(=O)[C@H](Cc2cc(C)nc(N)c2)[C@H]1C(=O)N(C)c1cnn(C)c1)c1cccc(F)c1F. The number of anilines is 2. The number of nitrogen functional groups attached to an aromatic ring is 1. The van der Waals surface area contributed by atoms with E-state index in [1.54, 1.807) is 39.2 Å². The van der Waals surface area contributed by atoms with Gasteiger partial charge in [0.1, 0.15) is 11.9 Å². The average Bonchev–Trinajstić information content (AvgIpc) is 3.30. The number of likely N-dealkylation sites (tertiary alicyclic amines) is 1. The van der Waals surface area contributed by atoms with Crippen molar-refractivity contribution in [2.75, 3.05) is 17.7 Å². The number of pyridine rings is 1. The number of nitrogens with one attached hydrogen (secondary N) is 1. The number of aromatic nitrogens is 3. The van der Waals surface area contributed by atoms with Crippen LogP contribution in [-0.4, -0.2) is 50.6 Å². The molecule has 1 saturated heterocycles. The number of amides is 4. The molecule has 0 aliphatic carbocycles. The Morgan fingerprint density at radius 2 is 2.00 bits per heavy atom. The van der Waals surface area contributed by atoms with Crippen molar-refractivity contribution in [2.45, 2.75) is 38.8 Å². The van der Waals surface area contributed by atoms with Gasteiger partial charge in [-0.1, -0.05) is 19.1 Å². The molecule has 2 aromatic heterocycles. The van der Waals surface area contributed by atoms with Crippen molar-refractivity contribution in [3.8, 4) is 0 Å². The van der Waals surface area contributed by atoms with E-state index in [0.29, 0.717) is 16.9 Å². The van der Waals surface area contributed by atoms with Crippen molar-refractivity contribution in [1.29, 1.82) is 0 Å². The van der Waals surface area contributed by atoms with Crippen molar-refractivity contribution in [1.82, 2.24) is 25.0 Å². The smallest absolute Gasteiger partial charge is 0.325 e. The van der Waals surface area contributed by atoms with Gasteiger partial charge in [-0.3, -0.25) is 19.2 Å². The number of carbonyl (C=O) groups excluding carboxylic acids is 3. The minimum absolute atomic E-state index is 0.0523. The number of rotatable bonds is 7. The van der Waals surface area contributed by atoms with Gasteiger partial charge in [0.05, 0.1) is 23.8 Å². The molecule has 0 radical (unpaired) electrons. The van der Waals surface area contributed by atoms with Crippen LogP contribution in [0.5, 0.6) is 0 Å². The fourth-order valence-electron chi connectivity index (χ4n) is 4.71. The lowest BCUT2D eigenvalue weighted by Crippen LogP contribution is -2.70. The molecule has 4 rings (SSSR count). The summed E-state index contributed by atoms with van der Waals surface area (Å²) >= 11 is 0. The van der Waals surface area contributed by atoms with Gasteiger partial charge in [-0.2, -0.15) is 5.10 Å². The van der Waals surface area contributed by atoms with Crippen LogP contribution >= 0.6 is 0 Å². The molecule has 3 aromatic rings. The van der Waals surface area contributed by atoms with Crippen LogP contribution in [0.2, 0.25) is 0 Å². The zero-order chi connectivity index (χ0) is 27.7. The highest BCUT2D eigenvalue weighted by Crippen LogP contribution is 2.34. The lowest BCUT2D eigenvalue weighted by Gasteiger charge is -2.46. The Balaban J connectivity index is 1.63. The summed E-state index contributed by atoms with van der Waals surface area (Å²) in [4.78, 5) is 46.5. The quantitative estimate of drug-likeness (QED) is 0.457. The van der Waals surface area contributed by atoms with Gasteiger partial charge in [0.25, 0.3) is 5.91 Å². The molecule has 1 unspecified atom stereocenters. The number of benzene rings is 1. The number of imide groups is 1. The summed E-state index contributed by atoms with van der Waals surface area (Å²) in [5.41, 5.74) is 7.64. The Kier molecular flexibility index (Phi) is 7.42. The number of urea groups is 1. The molecule has 1 aliphatic rings. The van der Waals surface area contributed by atoms with E-state index in [1.165, 1.54) is 35.0 Å². The van der Waals surface area contributed by atoms with E-state index < -0.39 is 47.5 Å². The average molecular weight is 526 g/mol. The minimum atomic E-state index is -1.14. The molecule has 1 aromatic carbocycles. The highest BCUT2D eigenvalue weighted by atomic mass is 19.2. The van der Waals surface area contributed by atoms with E-state index in [2.05, 4.69) is 15.4 Å². The number of likely N-dealkylation sites (N-methyl/N-ethyl adjacent to an activating group) is 1. The van der Waals surface area contributed by atoms with Crippen molar-refractivity contribution in [3.05, 3.63) is 71.2 Å². The van der Waals surface area contributed by atoms with Gasteiger partial charge >= 0.3 is 6.03 Å². The number of nitrogens with two attached hydrogens (primary N) is 1. The predicted molar refractivity (Wildman–Crippen MR) is 136 cm³/mol. The molecule has 38 heavy (non-hydrogen) atoms. The van der Waals surface area contributed by atoms with E-state index in [-0.39, 0.29) is 24.2 Å². The molecular formula is C26H29F2N7O3. The molecule has 12 heteroatoms. The summed E-state index contributed by atoms with van der Waals surface area (Å²) in [5, 5.41) is 6.67. The van der Waals surface area contributed by atoms with Crippen LogP contribution in [0.15, 0.2) is 42.7 Å². The number of carbonyl (C=O) groups is 3. The summed E-state index contributed by atoms with van der Waals surface area (Å²) in [6, 6.07) is 4.14. The molecule has 0 saturated carbocycles. The third-order valence-electron chi connectivity index (χ3n) is 6.65. The summed E-state index contributed by atoms with van der Waals surface area (Å²) in [6.45, 7) is 3.45. The zero-order valence-electron chi connectivity index (χ0n) is 21.5. The Labute approximate surface area is 218 Å². The normalized spacial score (nSPS) is 17.6. The zero-order valence-corrected chi connectivity index (χ0v) is 21.5. The van der Waals surface area contributed by atoms with E-state index in [1.807, 2.05) is 0 Å². The fraction of sp³-hybridized carbons (Fsp3) is 0.346. The Morgan fingerprint density at radius 1 is 1.26 bits per heavy atom. The standard InChI is InChI=1S/C26H29F2N7O3/c1-5-20(17-7-6-8-19(27)22(17)28)32-26(38)35-23(25(37)34(4)16-12-30-33(3)13-16)18(24(35)36)10-15-9-14(2)31-21(29)11-15/h6-9,11-13,18,20,23H,5,10H2,1-4H3,(H2,29,31)(H,32,38)/t18-,20?,23+/m1/s1. The number of nitrogens with zero attached hydrogens (tertiary/aromatic N) is 5. The van der Waals surface area contributed by atoms with E-state index in [9.17, 15) is 23.2 Å². The lowest BCUT2D eigenvalue weighted by molar-refractivity contribution is -0.156. The molecule has 3 N–H and O–H groups in total. The minimum Gasteiger partial charge on any atom is -0.384 e. The molecule has 200 valence electrons. The molecule has 10 nitrogen and oxygen atoms in total. The largest absolute Gasteiger partial charge is 0.384 e. The first-order valence-electron chi connectivity index (χ1n) is 12.1. The van der Waals surface area contributed by atoms with Gasteiger partial charge in [0, 0.05) is 31.5 Å². The van der Waals surface area contributed by atoms with Crippen LogP contribution in [0.25, 0.3) is 0 Å². The number of hydrogen-bond donors (Lipinski definition) is 2. The number of halogens is 2. The first-order chi connectivity index (χ1) is 18.0. The molecule has 0 bridgehead atoms. The van der Waals surface area contributed by atoms with Gasteiger partial charge in [0.15, 0.2) is 11.6 Å². The van der Waals surface area contributed by atoms with Crippen LogP contribution in [0, 0.1) is 24.5 Å². The number of hydrogen-bond acceptors (Lipinski definition) is 6. The third-order valence-corrected chi connectivity index (χ3v) is 6.65. The van der Waals surface area contributed by atoms with E-state index in [0.717, 1.165) is 11.0 Å². The van der Waals surface area contributed by atoms with Crippen molar-refractivity contribution in [2.24, 2.45) is 13.0 Å². The maximum atomic E-state index is 14.4. The Bertz CT molecular complexity index is 1370. The fourth-order valence-corrected chi connectivity index (χ4v) is 4.71. The van der Waals surface area contributed by atoms with E-state index in [4.69, 9.17) is 5.73 Å². The second-order valence-electron chi connectivity index (χ2n) is 9.33. The highest BCUT2D eigenvalue weighted by Gasteiger charge is 2.55. The van der Waals surface area contributed by atoms with Crippen LogP contribution in [0.1, 0.15) is 36.2 Å². The monoisotopic (exact) mass is 525 g/mol. The maximum absolute atomic E-state index is 14.4. The van der Waals surface area contributed by atoms with Gasteiger partial charge in [-0.05, 0) is 43.5 Å². The lowest BCUT2D eigenvalue weighted by atomic mass is 9.81. The Hall–Kier alpha value is -4.35. The molecule has 3 heterocycles. The molecule has 1 fully saturated rings. The first kappa shape index (κ1) is 26.7. The van der Waals surface area contributed by atoms with Crippen molar-refractivity contribution >= 4 is 29.4 Å². The van der Waals surface area contributed by atoms with Crippen molar-refractivity contribution in [3.63, 3.8) is 0 Å². The Morgan fingerprint density at radius 3 is 2.63 bits per heavy atom. The number of aryl methyl sites for hydroxylation is 2. The second kappa shape index (κ2) is 10.6. The van der Waals surface area contributed by atoms with Crippen LogP contribution < -0.4 is 16.0 Å². The maximum Gasteiger partial charge on any atom is 0.325 e. The summed E-state index contributed by atoms with van der Waals surface area (Å²) in [5.74, 6) is -3.76. The van der Waals surface area contributed by atoms with Crippen molar-refractivity contribution < 1.29 is 23.2 Å². The van der Waals surface area contributed by atoms with Crippen LogP contribution in [0.3, 0.4) is 0 Å². The molecule has 4 amide bonds. The highest BCUT2D eigenvalue weighted by molar-refractivity contribution is 6.12. The molecule has 3 atom stereocenters. The predicted octanol–water partition coefficient (Wildman–Crippen LogP) is 2.88. The first-order valence-corrected chi connectivity index (χ1v) is 12.1. The topological polar surface area (TPSA) is 126 Å². The molecule has 1 aliphatic heterocycles. The van der Waals surface area contributed by atoms with E-state index >= 15 is 0 Å². The van der Waals surface area contributed by atoms with Gasteiger partial charge in [0.2, 0.25) is 5.91 Å². The summed E-state index contributed by atoms with van der Waals surface area (Å²) in [6.07, 6.45) is 3.50. The second-order valence-corrected chi connectivity index (χ2v) is 9.33. The molecule has 0 spiro atoms.